The van der Waals surface area contributed by atoms with Crippen LogP contribution in [0.4, 0.5) is 17.2 Å². The molecular formula is C11H7BrClN5. The standard InChI is InChI=1S/C11H7BrClN5/c12-7-2-1-6(4-14)8(3-7)18-11-9(15)10(13)16-5-17-11/h1-3,5H,15H2,(H,16,17,18). The number of benzene rings is 1. The van der Waals surface area contributed by atoms with Crippen LogP contribution in [0.2, 0.25) is 5.15 Å². The van der Waals surface area contributed by atoms with Gasteiger partial charge in [-0.15, -0.1) is 0 Å². The van der Waals surface area contributed by atoms with Crippen LogP contribution in [0.5, 0.6) is 0 Å². The molecule has 0 amide bonds. The Hall–Kier alpha value is -1.84. The number of nitrogens with one attached hydrogen (secondary N) is 1. The highest BCUT2D eigenvalue weighted by Gasteiger charge is 2.09. The van der Waals surface area contributed by atoms with E-state index in [2.05, 4.69) is 37.3 Å². The molecule has 0 bridgehead atoms. The van der Waals surface area contributed by atoms with Gasteiger partial charge in [0.25, 0.3) is 0 Å². The molecule has 0 aliphatic carbocycles. The van der Waals surface area contributed by atoms with Crippen molar-refractivity contribution in [3.8, 4) is 6.07 Å². The molecule has 0 spiro atoms. The average Bonchev–Trinajstić information content (AvgIpc) is 2.35. The predicted octanol–water partition coefficient (Wildman–Crippen LogP) is 3.09. The molecule has 5 nitrogen and oxygen atoms in total. The van der Waals surface area contributed by atoms with E-state index >= 15 is 0 Å². The summed E-state index contributed by atoms with van der Waals surface area (Å²) in [5.41, 5.74) is 7.05. The molecule has 1 aromatic carbocycles. The van der Waals surface area contributed by atoms with Crippen molar-refractivity contribution in [3.63, 3.8) is 0 Å². The Bertz CT molecular complexity index is 638. The van der Waals surface area contributed by atoms with E-state index in [4.69, 9.17) is 22.6 Å². The molecule has 3 N–H and O–H groups in total. The summed E-state index contributed by atoms with van der Waals surface area (Å²) >= 11 is 9.13. The maximum absolute atomic E-state index is 9.02. The second kappa shape index (κ2) is 5.21. The molecule has 0 aliphatic rings. The molecule has 18 heavy (non-hydrogen) atoms. The van der Waals surface area contributed by atoms with Crippen molar-refractivity contribution in [3.05, 3.63) is 39.7 Å². The monoisotopic (exact) mass is 323 g/mol. The van der Waals surface area contributed by atoms with Crippen LogP contribution in [0.3, 0.4) is 0 Å². The Balaban J connectivity index is 2.43. The van der Waals surface area contributed by atoms with Gasteiger partial charge >= 0.3 is 0 Å². The minimum Gasteiger partial charge on any atom is -0.393 e. The van der Waals surface area contributed by atoms with E-state index in [9.17, 15) is 0 Å². The Labute approximate surface area is 117 Å². The van der Waals surface area contributed by atoms with Crippen molar-refractivity contribution in [1.29, 1.82) is 5.26 Å². The smallest absolute Gasteiger partial charge is 0.158 e. The lowest BCUT2D eigenvalue weighted by atomic mass is 10.2. The molecule has 90 valence electrons. The number of halogens is 2. The lowest BCUT2D eigenvalue weighted by molar-refractivity contribution is 1.17. The molecule has 0 aliphatic heterocycles. The van der Waals surface area contributed by atoms with Crippen molar-refractivity contribution in [2.75, 3.05) is 11.1 Å². The van der Waals surface area contributed by atoms with Crippen LogP contribution < -0.4 is 11.1 Å². The topological polar surface area (TPSA) is 87.6 Å². The third-order valence-corrected chi connectivity index (χ3v) is 2.98. The van der Waals surface area contributed by atoms with Gasteiger partial charge in [-0.05, 0) is 18.2 Å². The molecular weight excluding hydrogens is 318 g/mol. The van der Waals surface area contributed by atoms with E-state index in [-0.39, 0.29) is 10.8 Å². The van der Waals surface area contributed by atoms with Gasteiger partial charge < -0.3 is 11.1 Å². The quantitative estimate of drug-likeness (QED) is 0.829. The Morgan fingerprint density at radius 2 is 2.17 bits per heavy atom. The van der Waals surface area contributed by atoms with Gasteiger partial charge in [0.1, 0.15) is 18.1 Å². The maximum atomic E-state index is 9.02. The first-order chi connectivity index (χ1) is 8.61. The number of anilines is 3. The van der Waals surface area contributed by atoms with Gasteiger partial charge in [0.15, 0.2) is 11.0 Å². The summed E-state index contributed by atoms with van der Waals surface area (Å²) in [5, 5.41) is 12.1. The normalized spacial score (nSPS) is 9.83. The van der Waals surface area contributed by atoms with Crippen molar-refractivity contribution in [1.82, 2.24) is 9.97 Å². The van der Waals surface area contributed by atoms with Crippen molar-refractivity contribution < 1.29 is 0 Å². The molecule has 2 aromatic rings. The van der Waals surface area contributed by atoms with Gasteiger partial charge in [-0.1, -0.05) is 27.5 Å². The summed E-state index contributed by atoms with van der Waals surface area (Å²) in [6, 6.07) is 7.30. The second-order valence-corrected chi connectivity index (χ2v) is 4.63. The molecule has 0 saturated carbocycles. The fourth-order valence-corrected chi connectivity index (χ4v) is 1.81. The number of nitrogens with two attached hydrogens (primary N) is 1. The Morgan fingerprint density at radius 3 is 2.89 bits per heavy atom. The lowest BCUT2D eigenvalue weighted by Crippen LogP contribution is -2.02. The highest BCUT2D eigenvalue weighted by Crippen LogP contribution is 2.28. The molecule has 1 aromatic heterocycles. The molecule has 0 radical (unpaired) electrons. The third-order valence-electron chi connectivity index (χ3n) is 2.19. The van der Waals surface area contributed by atoms with Crippen LogP contribution in [-0.2, 0) is 0 Å². The van der Waals surface area contributed by atoms with Crippen LogP contribution in [0.15, 0.2) is 29.0 Å². The van der Waals surface area contributed by atoms with Gasteiger partial charge in [-0.2, -0.15) is 5.26 Å². The highest BCUT2D eigenvalue weighted by atomic mass is 79.9. The fraction of sp³-hybridized carbons (Fsp3) is 0. The number of aromatic nitrogens is 2. The summed E-state index contributed by atoms with van der Waals surface area (Å²) in [6.45, 7) is 0. The number of rotatable bonds is 2. The molecule has 0 saturated heterocycles. The van der Waals surface area contributed by atoms with E-state index in [1.54, 1.807) is 18.2 Å². The Kier molecular flexibility index (Phi) is 3.65. The van der Waals surface area contributed by atoms with Crippen LogP contribution in [0.1, 0.15) is 5.56 Å². The number of hydrogen-bond donors (Lipinski definition) is 2. The highest BCUT2D eigenvalue weighted by molar-refractivity contribution is 9.10. The van der Waals surface area contributed by atoms with Gasteiger partial charge in [-0.25, -0.2) is 9.97 Å². The zero-order chi connectivity index (χ0) is 13.1. The number of nitriles is 1. The van der Waals surface area contributed by atoms with Crippen LogP contribution in [-0.4, -0.2) is 9.97 Å². The summed E-state index contributed by atoms with van der Waals surface area (Å²) in [7, 11) is 0. The van der Waals surface area contributed by atoms with Crippen LogP contribution in [0, 0.1) is 11.3 Å². The first-order valence-electron chi connectivity index (χ1n) is 4.84. The van der Waals surface area contributed by atoms with Crippen molar-refractivity contribution in [2.24, 2.45) is 0 Å². The zero-order valence-corrected chi connectivity index (χ0v) is 11.3. The van der Waals surface area contributed by atoms with Gasteiger partial charge in [0.2, 0.25) is 0 Å². The van der Waals surface area contributed by atoms with E-state index < -0.39 is 0 Å². The summed E-state index contributed by atoms with van der Waals surface area (Å²) in [4.78, 5) is 7.74. The molecule has 7 heteroatoms. The van der Waals surface area contributed by atoms with E-state index in [1.807, 2.05) is 0 Å². The first-order valence-corrected chi connectivity index (χ1v) is 6.01. The molecule has 0 atom stereocenters. The Morgan fingerprint density at radius 1 is 1.39 bits per heavy atom. The third kappa shape index (κ3) is 2.53. The van der Waals surface area contributed by atoms with Gasteiger partial charge in [-0.3, -0.25) is 0 Å². The van der Waals surface area contributed by atoms with Gasteiger partial charge in [0.05, 0.1) is 11.3 Å². The molecule has 2 rings (SSSR count). The SMILES string of the molecule is N#Cc1ccc(Br)cc1Nc1ncnc(Cl)c1N. The number of nitrogens with zero attached hydrogens (tertiary/aromatic N) is 3. The molecule has 0 unspecified atom stereocenters. The minimum absolute atomic E-state index is 0.168. The number of hydrogen-bond acceptors (Lipinski definition) is 5. The van der Waals surface area contributed by atoms with Crippen LogP contribution in [0.25, 0.3) is 0 Å². The largest absolute Gasteiger partial charge is 0.393 e. The fourth-order valence-electron chi connectivity index (χ4n) is 1.32. The molecule has 1 heterocycles. The van der Waals surface area contributed by atoms with E-state index in [0.29, 0.717) is 17.1 Å². The average molecular weight is 325 g/mol. The first kappa shape index (κ1) is 12.6. The second-order valence-electron chi connectivity index (χ2n) is 3.35. The zero-order valence-electron chi connectivity index (χ0n) is 8.98. The van der Waals surface area contributed by atoms with E-state index in [1.165, 1.54) is 6.33 Å². The van der Waals surface area contributed by atoms with Crippen molar-refractivity contribution in [2.45, 2.75) is 0 Å². The predicted molar refractivity (Wildman–Crippen MR) is 73.6 cm³/mol. The lowest BCUT2D eigenvalue weighted by Gasteiger charge is -2.10. The number of nitrogen functional groups attached to an aromatic ring is 1. The van der Waals surface area contributed by atoms with Gasteiger partial charge in [0, 0.05) is 4.47 Å². The minimum atomic E-state index is 0.168. The summed E-state index contributed by atoms with van der Waals surface area (Å²) in [6.07, 6.45) is 1.30. The van der Waals surface area contributed by atoms with Crippen molar-refractivity contribution >= 4 is 44.7 Å². The summed E-state index contributed by atoms with van der Waals surface area (Å²) in [5.74, 6) is 0.365. The van der Waals surface area contributed by atoms with Crippen LogP contribution >= 0.6 is 27.5 Å². The van der Waals surface area contributed by atoms with E-state index in [0.717, 1.165) is 4.47 Å². The molecule has 0 fully saturated rings. The maximum Gasteiger partial charge on any atom is 0.158 e. The summed E-state index contributed by atoms with van der Waals surface area (Å²) < 4.78 is 0.836.